The van der Waals surface area contributed by atoms with Gasteiger partial charge in [0, 0.05) is 37.3 Å². The second kappa shape index (κ2) is 8.14. The lowest BCUT2D eigenvalue weighted by Crippen LogP contribution is -2.56. The first-order chi connectivity index (χ1) is 13.6. The molecule has 0 spiro atoms. The molecule has 0 aliphatic carbocycles. The van der Waals surface area contributed by atoms with E-state index in [0.717, 1.165) is 42.5 Å². The maximum atomic E-state index is 11.8. The molecule has 7 heteroatoms. The summed E-state index contributed by atoms with van der Waals surface area (Å²) in [5, 5.41) is 5.75. The first-order valence-corrected chi connectivity index (χ1v) is 9.90. The predicted octanol–water partition coefficient (Wildman–Crippen LogP) is 2.71. The molecule has 2 aromatic heterocycles. The molecule has 2 N–H and O–H groups in total. The van der Waals surface area contributed by atoms with Gasteiger partial charge in [-0.2, -0.15) is 0 Å². The van der Waals surface area contributed by atoms with Gasteiger partial charge in [-0.25, -0.2) is 14.8 Å². The number of nitrogens with zero attached hydrogens (tertiary/aromatic N) is 3. The largest absolute Gasteiger partial charge is 0.463 e. The normalized spacial score (nSPS) is 26.0. The zero-order valence-corrected chi connectivity index (χ0v) is 16.2. The van der Waals surface area contributed by atoms with Gasteiger partial charge in [-0.15, -0.1) is 6.58 Å². The standard InChI is InChI=1S/C21H27N5O2/c1-3-7-22-21(27)23-12-16-10-15-6-8-26(16)13-17(15)18-11-19(25-14(2)24-18)20-5-4-9-28-20/h3-5,9,11,15-17H,1,6-8,10,12-13H2,2H3,(H2,22,23,27)/t15-,16+,17-/m0/s1. The number of amides is 2. The number of hydrogen-bond acceptors (Lipinski definition) is 5. The van der Waals surface area contributed by atoms with Crippen LogP contribution in [0, 0.1) is 12.8 Å². The third kappa shape index (κ3) is 3.94. The van der Waals surface area contributed by atoms with E-state index in [0.29, 0.717) is 31.0 Å². The topological polar surface area (TPSA) is 83.3 Å². The molecule has 0 saturated carbocycles. The summed E-state index contributed by atoms with van der Waals surface area (Å²) in [6, 6.07) is 6.14. The molecule has 3 aliphatic rings. The highest BCUT2D eigenvalue weighted by Gasteiger charge is 2.41. The van der Waals surface area contributed by atoms with Crippen molar-refractivity contribution in [2.24, 2.45) is 5.92 Å². The Morgan fingerprint density at radius 1 is 1.43 bits per heavy atom. The Balaban J connectivity index is 1.44. The van der Waals surface area contributed by atoms with Gasteiger partial charge >= 0.3 is 6.03 Å². The summed E-state index contributed by atoms with van der Waals surface area (Å²) < 4.78 is 5.53. The lowest BCUT2D eigenvalue weighted by Gasteiger charge is -2.49. The van der Waals surface area contributed by atoms with E-state index in [1.165, 1.54) is 6.42 Å². The number of hydrogen-bond donors (Lipinski definition) is 2. The summed E-state index contributed by atoms with van der Waals surface area (Å²) in [4.78, 5) is 23.6. The van der Waals surface area contributed by atoms with Crippen LogP contribution in [0.1, 0.15) is 30.3 Å². The highest BCUT2D eigenvalue weighted by molar-refractivity contribution is 5.73. The average Bonchev–Trinajstić information content (AvgIpc) is 3.25. The second-order valence-corrected chi connectivity index (χ2v) is 7.62. The van der Waals surface area contributed by atoms with Gasteiger partial charge in [-0.3, -0.25) is 4.90 Å². The van der Waals surface area contributed by atoms with Crippen molar-refractivity contribution in [3.63, 3.8) is 0 Å². The van der Waals surface area contributed by atoms with Crippen LogP contribution in [0.4, 0.5) is 4.79 Å². The third-order valence-corrected chi connectivity index (χ3v) is 5.80. The first-order valence-electron chi connectivity index (χ1n) is 9.90. The second-order valence-electron chi connectivity index (χ2n) is 7.62. The van der Waals surface area contributed by atoms with E-state index in [1.54, 1.807) is 12.3 Å². The zero-order valence-electron chi connectivity index (χ0n) is 16.2. The van der Waals surface area contributed by atoms with Gasteiger partial charge in [0.05, 0.1) is 6.26 Å². The van der Waals surface area contributed by atoms with Gasteiger partial charge in [-0.05, 0) is 50.4 Å². The van der Waals surface area contributed by atoms with Gasteiger partial charge in [0.1, 0.15) is 11.5 Å². The van der Waals surface area contributed by atoms with Crippen molar-refractivity contribution in [2.45, 2.75) is 31.7 Å². The Kier molecular flexibility index (Phi) is 5.43. The van der Waals surface area contributed by atoms with Gasteiger partial charge in [0.15, 0.2) is 5.76 Å². The van der Waals surface area contributed by atoms with Crippen LogP contribution in [0.2, 0.25) is 0 Å². The summed E-state index contributed by atoms with van der Waals surface area (Å²) in [6.07, 6.45) is 5.59. The van der Waals surface area contributed by atoms with Crippen molar-refractivity contribution in [1.82, 2.24) is 25.5 Å². The summed E-state index contributed by atoms with van der Waals surface area (Å²) in [6.45, 7) is 8.76. The van der Waals surface area contributed by atoms with E-state index in [4.69, 9.17) is 9.40 Å². The fourth-order valence-electron chi connectivity index (χ4n) is 4.45. The number of carbonyl (C=O) groups excluding carboxylic acids is 1. The van der Waals surface area contributed by atoms with Crippen LogP contribution in [-0.2, 0) is 0 Å². The molecule has 1 unspecified atom stereocenters. The summed E-state index contributed by atoms with van der Waals surface area (Å²) in [5.41, 5.74) is 1.95. The Labute approximate surface area is 165 Å². The SMILES string of the molecule is C=CCNC(=O)NC[C@H]1C[C@@H]2CCN1C[C@@H]2c1cc(-c2ccco2)nc(C)n1. The van der Waals surface area contributed by atoms with Crippen LogP contribution >= 0.6 is 0 Å². The molecule has 0 radical (unpaired) electrons. The number of rotatable bonds is 6. The number of fused-ring (bicyclic) bond motifs is 3. The first kappa shape index (κ1) is 18.7. The van der Waals surface area contributed by atoms with Crippen molar-refractivity contribution < 1.29 is 9.21 Å². The Hall–Kier alpha value is -2.67. The minimum atomic E-state index is -0.131. The number of urea groups is 1. The smallest absolute Gasteiger partial charge is 0.315 e. The number of furan rings is 1. The summed E-state index contributed by atoms with van der Waals surface area (Å²) >= 11 is 0. The highest BCUT2D eigenvalue weighted by atomic mass is 16.3. The van der Waals surface area contributed by atoms with Crippen LogP contribution in [-0.4, -0.2) is 53.1 Å². The molecule has 3 fully saturated rings. The molecule has 4 atom stereocenters. The molecule has 28 heavy (non-hydrogen) atoms. The van der Waals surface area contributed by atoms with Crippen molar-refractivity contribution >= 4 is 6.03 Å². The van der Waals surface area contributed by atoms with E-state index < -0.39 is 0 Å². The molecule has 0 aromatic carbocycles. The van der Waals surface area contributed by atoms with Crippen LogP contribution in [0.15, 0.2) is 41.5 Å². The number of carbonyl (C=O) groups is 1. The highest BCUT2D eigenvalue weighted by Crippen LogP contribution is 2.41. The predicted molar refractivity (Wildman–Crippen MR) is 107 cm³/mol. The summed E-state index contributed by atoms with van der Waals surface area (Å²) in [5.74, 6) is 2.53. The van der Waals surface area contributed by atoms with Gasteiger partial charge in [0.2, 0.25) is 0 Å². The Bertz CT molecular complexity index is 835. The quantitative estimate of drug-likeness (QED) is 0.752. The van der Waals surface area contributed by atoms with E-state index >= 15 is 0 Å². The number of piperidine rings is 3. The van der Waals surface area contributed by atoms with E-state index in [1.807, 2.05) is 19.1 Å². The molecule has 148 valence electrons. The fourth-order valence-corrected chi connectivity index (χ4v) is 4.45. The molecule has 5 heterocycles. The van der Waals surface area contributed by atoms with Crippen molar-refractivity contribution in [3.05, 3.63) is 48.6 Å². The minimum Gasteiger partial charge on any atom is -0.463 e. The molecular weight excluding hydrogens is 354 g/mol. The molecular formula is C21H27N5O2. The monoisotopic (exact) mass is 381 g/mol. The van der Waals surface area contributed by atoms with Crippen LogP contribution in [0.3, 0.4) is 0 Å². The van der Waals surface area contributed by atoms with E-state index in [-0.39, 0.29) is 6.03 Å². The molecule has 5 rings (SSSR count). The number of aromatic nitrogens is 2. The average molecular weight is 381 g/mol. The van der Waals surface area contributed by atoms with Crippen LogP contribution in [0.25, 0.3) is 11.5 Å². The fraction of sp³-hybridized carbons (Fsp3) is 0.476. The lowest BCUT2D eigenvalue weighted by atomic mass is 9.74. The Morgan fingerprint density at radius 3 is 3.04 bits per heavy atom. The lowest BCUT2D eigenvalue weighted by molar-refractivity contribution is 0.0305. The molecule has 7 nitrogen and oxygen atoms in total. The maximum Gasteiger partial charge on any atom is 0.315 e. The van der Waals surface area contributed by atoms with Crippen molar-refractivity contribution in [2.75, 3.05) is 26.2 Å². The third-order valence-electron chi connectivity index (χ3n) is 5.80. The van der Waals surface area contributed by atoms with Gasteiger partial charge in [-0.1, -0.05) is 6.08 Å². The van der Waals surface area contributed by atoms with Gasteiger partial charge < -0.3 is 15.1 Å². The maximum absolute atomic E-state index is 11.8. The minimum absolute atomic E-state index is 0.131. The molecule has 2 bridgehead atoms. The zero-order chi connectivity index (χ0) is 19.5. The molecule has 3 aliphatic heterocycles. The van der Waals surface area contributed by atoms with E-state index in [2.05, 4.69) is 33.2 Å². The van der Waals surface area contributed by atoms with Crippen LogP contribution < -0.4 is 10.6 Å². The molecule has 3 saturated heterocycles. The van der Waals surface area contributed by atoms with Crippen LogP contribution in [0.5, 0.6) is 0 Å². The van der Waals surface area contributed by atoms with Gasteiger partial charge in [0.25, 0.3) is 0 Å². The Morgan fingerprint density at radius 2 is 2.32 bits per heavy atom. The summed E-state index contributed by atoms with van der Waals surface area (Å²) in [7, 11) is 0. The number of nitrogens with one attached hydrogen (secondary N) is 2. The number of aryl methyl sites for hydroxylation is 1. The molecule has 2 amide bonds. The van der Waals surface area contributed by atoms with Crippen molar-refractivity contribution in [3.8, 4) is 11.5 Å². The van der Waals surface area contributed by atoms with Crippen molar-refractivity contribution in [1.29, 1.82) is 0 Å². The molecule has 2 aromatic rings. The van der Waals surface area contributed by atoms with E-state index in [9.17, 15) is 4.79 Å².